The second kappa shape index (κ2) is 2.09. The molecule has 1 heterocycles. The van der Waals surface area contributed by atoms with Crippen LogP contribution in [-0.2, 0) is 0 Å². The lowest BCUT2D eigenvalue weighted by molar-refractivity contribution is 0.565. The highest BCUT2D eigenvalue weighted by Crippen LogP contribution is 2.02. The van der Waals surface area contributed by atoms with E-state index in [1.54, 1.807) is 0 Å². The topological polar surface area (TPSA) is 12.9 Å². The minimum atomic E-state index is -0.755. The zero-order valence-corrected chi connectivity index (χ0v) is 4.56. The van der Waals surface area contributed by atoms with E-state index in [1.807, 2.05) is 0 Å². The Morgan fingerprint density at radius 2 is 2.44 bits per heavy atom. The number of hydrogen-bond acceptors (Lipinski definition) is 1. The van der Waals surface area contributed by atoms with Gasteiger partial charge in [0.2, 0.25) is 0 Å². The van der Waals surface area contributed by atoms with Crippen LogP contribution in [0.25, 0.3) is 0 Å². The third-order valence-corrected chi connectivity index (χ3v) is 0.884. The quantitative estimate of drug-likeness (QED) is 0.520. The van der Waals surface area contributed by atoms with Crippen LogP contribution in [0.3, 0.4) is 0 Å². The third kappa shape index (κ3) is 1.22. The Bertz CT molecular complexity index is 239. The summed E-state index contributed by atoms with van der Waals surface area (Å²) in [5.41, 5.74) is -0.0265. The first-order chi connectivity index (χ1) is 4.74. The van der Waals surface area contributed by atoms with E-state index in [0.29, 0.717) is 0 Å². The van der Waals surface area contributed by atoms with Crippen molar-refractivity contribution in [3.8, 4) is 0 Å². The molecule has 0 atom stereocenters. The van der Waals surface area contributed by atoms with E-state index in [-0.39, 0.29) is 12.6 Å². The Kier molecular flexibility index (Phi) is 1.13. The Morgan fingerprint density at radius 1 is 1.67 bits per heavy atom. The normalized spacial score (nSPS) is 11.1. The van der Waals surface area contributed by atoms with E-state index in [4.69, 9.17) is 1.37 Å². The number of aromatic nitrogens is 1. The molecule has 1 rings (SSSR count). The predicted molar refractivity (Wildman–Crippen MR) is 28.9 cm³/mol. The molecular formula is C6H5F2N. The molecule has 0 amide bonds. The van der Waals surface area contributed by atoms with Crippen molar-refractivity contribution < 1.29 is 10.2 Å². The fraction of sp³-hybridized carbons (Fsp3) is 0.167. The van der Waals surface area contributed by atoms with Crippen LogP contribution in [0.2, 0.25) is 0 Å². The Labute approximate surface area is 52.8 Å². The van der Waals surface area contributed by atoms with E-state index in [1.165, 1.54) is 0 Å². The SMILES string of the molecule is [2H]Cc1ncc(F)cc1F. The van der Waals surface area contributed by atoms with Crippen molar-refractivity contribution in [3.63, 3.8) is 0 Å². The van der Waals surface area contributed by atoms with Crippen LogP contribution in [0.5, 0.6) is 0 Å². The second-order valence-corrected chi connectivity index (χ2v) is 1.58. The van der Waals surface area contributed by atoms with E-state index in [2.05, 4.69) is 4.98 Å². The fourth-order valence-electron chi connectivity index (χ4n) is 0.443. The first kappa shape index (κ1) is 4.85. The molecule has 9 heavy (non-hydrogen) atoms. The van der Waals surface area contributed by atoms with Crippen LogP contribution in [0.1, 0.15) is 7.06 Å². The highest BCUT2D eigenvalue weighted by Gasteiger charge is 1.97. The highest BCUT2D eigenvalue weighted by molar-refractivity contribution is 5.05. The van der Waals surface area contributed by atoms with E-state index in [9.17, 15) is 8.78 Å². The lowest BCUT2D eigenvalue weighted by Gasteiger charge is -1.91. The van der Waals surface area contributed by atoms with Gasteiger partial charge in [0.05, 0.1) is 11.9 Å². The van der Waals surface area contributed by atoms with Crippen molar-refractivity contribution >= 4 is 0 Å². The summed E-state index contributed by atoms with van der Waals surface area (Å²) in [7, 11) is 0. The lowest BCUT2D eigenvalue weighted by atomic mass is 10.4. The molecule has 1 aromatic rings. The van der Waals surface area contributed by atoms with Crippen LogP contribution in [0.4, 0.5) is 8.78 Å². The molecule has 1 nitrogen and oxygen atoms in total. The number of nitrogens with zero attached hydrogens (tertiary/aromatic N) is 1. The van der Waals surface area contributed by atoms with Crippen LogP contribution in [-0.4, -0.2) is 4.98 Å². The molecule has 0 saturated carbocycles. The largest absolute Gasteiger partial charge is 0.255 e. The Morgan fingerprint density at radius 3 is 3.00 bits per heavy atom. The van der Waals surface area contributed by atoms with Gasteiger partial charge in [-0.2, -0.15) is 0 Å². The summed E-state index contributed by atoms with van der Waals surface area (Å²) in [6.07, 6.45) is 0.896. The van der Waals surface area contributed by atoms with Gasteiger partial charge in [0.15, 0.2) is 0 Å². The molecule has 0 fully saturated rings. The zero-order valence-electron chi connectivity index (χ0n) is 5.56. The highest BCUT2D eigenvalue weighted by atomic mass is 19.1. The average Bonchev–Trinajstić information content (AvgIpc) is 1.88. The zero-order chi connectivity index (χ0) is 7.56. The predicted octanol–water partition coefficient (Wildman–Crippen LogP) is 1.67. The van der Waals surface area contributed by atoms with Crippen molar-refractivity contribution in [2.24, 2.45) is 0 Å². The summed E-state index contributed by atoms with van der Waals surface area (Å²) in [6.45, 7) is -0.258. The van der Waals surface area contributed by atoms with Crippen LogP contribution >= 0.6 is 0 Å². The van der Waals surface area contributed by atoms with Gasteiger partial charge in [-0.3, -0.25) is 4.98 Å². The molecule has 0 aromatic carbocycles. The van der Waals surface area contributed by atoms with Gasteiger partial charge < -0.3 is 0 Å². The van der Waals surface area contributed by atoms with E-state index >= 15 is 0 Å². The minimum Gasteiger partial charge on any atom is -0.255 e. The van der Waals surface area contributed by atoms with Gasteiger partial charge in [-0.05, 0) is 6.90 Å². The summed E-state index contributed by atoms with van der Waals surface area (Å²) >= 11 is 0. The summed E-state index contributed by atoms with van der Waals surface area (Å²) in [4.78, 5) is 3.36. The fourth-order valence-corrected chi connectivity index (χ4v) is 0.443. The maximum Gasteiger partial charge on any atom is 0.147 e. The van der Waals surface area contributed by atoms with Crippen LogP contribution in [0.15, 0.2) is 12.3 Å². The van der Waals surface area contributed by atoms with Crippen molar-refractivity contribution in [1.82, 2.24) is 4.98 Å². The molecule has 0 spiro atoms. The molecule has 0 aliphatic rings. The number of aryl methyl sites for hydroxylation is 1. The molecule has 0 saturated heterocycles. The van der Waals surface area contributed by atoms with E-state index in [0.717, 1.165) is 12.3 Å². The van der Waals surface area contributed by atoms with Crippen LogP contribution < -0.4 is 0 Å². The van der Waals surface area contributed by atoms with Crippen molar-refractivity contribution in [3.05, 3.63) is 29.6 Å². The van der Waals surface area contributed by atoms with Gasteiger partial charge in [0, 0.05) is 7.44 Å². The number of hydrogen-bond donors (Lipinski definition) is 0. The first-order valence-corrected chi connectivity index (χ1v) is 2.33. The Hall–Kier alpha value is -0.990. The minimum absolute atomic E-state index is 0.0265. The van der Waals surface area contributed by atoms with Gasteiger partial charge in [0.1, 0.15) is 11.6 Å². The van der Waals surface area contributed by atoms with Gasteiger partial charge in [-0.25, -0.2) is 8.78 Å². The maximum absolute atomic E-state index is 12.4. The second-order valence-electron chi connectivity index (χ2n) is 1.58. The first-order valence-electron chi connectivity index (χ1n) is 3.04. The van der Waals surface area contributed by atoms with E-state index < -0.39 is 11.6 Å². The molecule has 0 N–H and O–H groups in total. The standard InChI is InChI=1S/C6H5F2N/c1-4-6(8)2-5(7)3-9-4/h2-3H,1H3/i1D. The van der Waals surface area contributed by atoms with Gasteiger partial charge in [-0.15, -0.1) is 0 Å². The molecule has 0 bridgehead atoms. The summed E-state index contributed by atoms with van der Waals surface area (Å²) < 4.78 is 31.3. The summed E-state index contributed by atoms with van der Waals surface area (Å²) in [6, 6.07) is 0.719. The van der Waals surface area contributed by atoms with Gasteiger partial charge >= 0.3 is 0 Å². The number of halogens is 2. The third-order valence-electron chi connectivity index (χ3n) is 0.884. The molecule has 0 aliphatic heterocycles. The smallest absolute Gasteiger partial charge is 0.147 e. The Balaban J connectivity index is 3.07. The number of rotatable bonds is 0. The van der Waals surface area contributed by atoms with Gasteiger partial charge in [-0.1, -0.05) is 0 Å². The van der Waals surface area contributed by atoms with Crippen molar-refractivity contribution in [1.29, 1.82) is 0 Å². The lowest BCUT2D eigenvalue weighted by Crippen LogP contribution is -1.87. The molecule has 1 aromatic heterocycles. The molecule has 0 radical (unpaired) electrons. The molecular weight excluding hydrogens is 124 g/mol. The van der Waals surface area contributed by atoms with Gasteiger partial charge in [0.25, 0.3) is 0 Å². The van der Waals surface area contributed by atoms with Crippen molar-refractivity contribution in [2.45, 2.75) is 6.90 Å². The maximum atomic E-state index is 12.4. The van der Waals surface area contributed by atoms with Crippen LogP contribution in [0, 0.1) is 18.5 Å². The molecule has 0 aliphatic carbocycles. The number of pyridine rings is 1. The molecule has 0 unspecified atom stereocenters. The monoisotopic (exact) mass is 130 g/mol. The van der Waals surface area contributed by atoms with Crippen molar-refractivity contribution in [2.75, 3.05) is 0 Å². The molecule has 3 heteroatoms. The molecule has 48 valence electrons. The average molecular weight is 130 g/mol. The summed E-state index contributed by atoms with van der Waals surface area (Å²) in [5, 5.41) is 0. The summed E-state index contributed by atoms with van der Waals surface area (Å²) in [5.74, 6) is -1.47.